The van der Waals surface area contributed by atoms with Gasteiger partial charge in [-0.15, -0.1) is 0 Å². The summed E-state index contributed by atoms with van der Waals surface area (Å²) < 4.78 is 81.7. The summed E-state index contributed by atoms with van der Waals surface area (Å²) in [5, 5.41) is 0. The van der Waals surface area contributed by atoms with Crippen LogP contribution in [0.1, 0.15) is 0 Å². The third-order valence-electron chi connectivity index (χ3n) is 0.667. The van der Waals surface area contributed by atoms with Gasteiger partial charge in [0.05, 0.1) is 0 Å². The molecule has 0 spiro atoms. The maximum absolute atomic E-state index is 10.7. The molecule has 0 saturated carbocycles. The fourth-order valence-corrected chi connectivity index (χ4v) is 0.385. The third kappa shape index (κ3) is 175. The Balaban J connectivity index is -0.0000000528. The summed E-state index contributed by atoms with van der Waals surface area (Å²) >= 11 is 0. The first-order valence-corrected chi connectivity index (χ1v) is 5.65. The van der Waals surface area contributed by atoms with Crippen LogP contribution in [-0.2, 0) is 31.0 Å². The summed E-state index contributed by atoms with van der Waals surface area (Å²) in [6, 6.07) is 12.0. The molecule has 1 rings (SSSR count). The summed E-state index contributed by atoms with van der Waals surface area (Å²) in [4.78, 5) is 0. The molecule has 1 radical (unpaired) electrons. The monoisotopic (exact) mass is 362 g/mol. The van der Waals surface area contributed by atoms with E-state index in [0.29, 0.717) is 0 Å². The van der Waals surface area contributed by atoms with E-state index in [1.54, 1.807) is 0 Å². The van der Waals surface area contributed by atoms with Crippen molar-refractivity contribution in [3.63, 3.8) is 0 Å². The van der Waals surface area contributed by atoms with Crippen LogP contribution >= 0.6 is 7.81 Å². The minimum Gasteiger partial charge on any atom is -0.0623 e. The molecule has 0 aliphatic heterocycles. The molecule has 1 aromatic rings. The molecule has 11 heteroatoms. The number of rotatable bonds is 0. The van der Waals surface area contributed by atoms with Crippen molar-refractivity contribution in [3.8, 4) is 0 Å². The fraction of sp³-hybridized carbons (Fsp3) is 0. The van der Waals surface area contributed by atoms with Crippen molar-refractivity contribution < 1.29 is 56.2 Å². The minimum atomic E-state index is -10.7. The van der Waals surface area contributed by atoms with Crippen molar-refractivity contribution in [1.82, 2.24) is 0 Å². The average Bonchev–Trinajstić information content (AvgIpc) is 2.35. The van der Waals surface area contributed by atoms with Crippen LogP contribution in [0.5, 0.6) is 0 Å². The summed E-state index contributed by atoms with van der Waals surface area (Å²) in [7, 11) is -10.7. The van der Waals surface area contributed by atoms with E-state index in [1.807, 2.05) is 36.4 Å². The van der Waals surface area contributed by atoms with Crippen LogP contribution in [0.2, 0.25) is 0 Å². The molecule has 0 bridgehead atoms. The van der Waals surface area contributed by atoms with Crippen LogP contribution in [0, 0.1) is 20.0 Å². The van der Waals surface area contributed by atoms with Crippen LogP contribution in [0.25, 0.3) is 0 Å². The molecule has 0 aliphatic carbocycles. The zero-order chi connectivity index (χ0) is 16.7. The predicted octanol–water partition coefficient (Wildman–Crippen LogP) is 4.95. The maximum atomic E-state index is 9.87. The Labute approximate surface area is 121 Å². The largest absolute Gasteiger partial charge is 0.0623 e. The van der Waals surface area contributed by atoms with Gasteiger partial charge in [-0.3, -0.25) is 0 Å². The van der Waals surface area contributed by atoms with Crippen molar-refractivity contribution in [1.29, 1.82) is 0 Å². The van der Waals surface area contributed by atoms with Crippen molar-refractivity contribution >= 4 is 7.81 Å². The van der Waals surface area contributed by atoms with Crippen LogP contribution in [0.15, 0.2) is 36.4 Å². The first-order chi connectivity index (χ1) is 8.45. The van der Waals surface area contributed by atoms with E-state index < -0.39 is 7.81 Å². The van der Waals surface area contributed by atoms with Gasteiger partial charge in [-0.25, -0.2) is 0 Å². The normalized spacial score (nSPS) is 10.8. The smallest absolute Gasteiger partial charge is 0 e. The van der Waals surface area contributed by atoms with E-state index >= 15 is 0 Å². The van der Waals surface area contributed by atoms with E-state index in [4.69, 9.17) is 14.0 Å². The van der Waals surface area contributed by atoms with Gasteiger partial charge >= 0.3 is 66.9 Å². The first-order valence-electron chi connectivity index (χ1n) is 3.63. The van der Waals surface area contributed by atoms with Gasteiger partial charge < -0.3 is 0 Å². The molecular weight excluding hydrogens is 356 g/mol. The fourth-order valence-electron chi connectivity index (χ4n) is 0.385. The molecule has 3 nitrogen and oxygen atoms in total. The second-order valence-corrected chi connectivity index (χ2v) is 4.03. The van der Waals surface area contributed by atoms with Crippen molar-refractivity contribution in [2.24, 2.45) is 0 Å². The zero-order valence-corrected chi connectivity index (χ0v) is 11.4. The second-order valence-electron chi connectivity index (χ2n) is 2.11. The van der Waals surface area contributed by atoms with Crippen LogP contribution < -0.4 is 0 Å². The predicted molar refractivity (Wildman–Crippen MR) is 51.8 cm³/mol. The molecule has 0 aliphatic rings. The summed E-state index contributed by atoms with van der Waals surface area (Å²) in [5.74, 6) is 0. The quantitative estimate of drug-likeness (QED) is 0.206. The molecule has 0 heterocycles. The Hall–Kier alpha value is -1.03. The molecule has 0 aromatic heterocycles. The Morgan fingerprint density at radius 2 is 0.550 bits per heavy atom. The molecule has 0 unspecified atom stereocenters. The van der Waals surface area contributed by atoms with Gasteiger partial charge in [0.25, 0.3) is 0 Å². The molecule has 0 N–H and O–H groups in total. The number of hydrogen-bond donors (Lipinski definition) is 0. The number of halogens is 6. The Morgan fingerprint density at radius 1 is 0.500 bits per heavy atom. The van der Waals surface area contributed by atoms with Crippen LogP contribution in [0.4, 0.5) is 25.2 Å². The van der Waals surface area contributed by atoms with Crippen LogP contribution in [0.3, 0.4) is 0 Å². The van der Waals surface area contributed by atoms with Gasteiger partial charge in [0.2, 0.25) is 0 Å². The zero-order valence-electron chi connectivity index (χ0n) is 9.28. The van der Waals surface area contributed by atoms with Gasteiger partial charge in [0.1, 0.15) is 0 Å². The van der Waals surface area contributed by atoms with Crippen molar-refractivity contribution in [2.45, 2.75) is 0 Å². The molecule has 1 aromatic carbocycles. The molecule has 0 saturated heterocycles. The van der Waals surface area contributed by atoms with Crippen molar-refractivity contribution in [2.75, 3.05) is 0 Å². The summed E-state index contributed by atoms with van der Waals surface area (Å²) in [5.41, 5.74) is 0. The molecule has 0 amide bonds. The van der Waals surface area contributed by atoms with E-state index in [-0.39, 0.29) is 17.1 Å². The average molecular weight is 362 g/mol. The second kappa shape index (κ2) is 13.0. The summed E-state index contributed by atoms with van der Waals surface area (Å²) in [6.45, 7) is 13.5. The van der Waals surface area contributed by atoms with Gasteiger partial charge in [-0.2, -0.15) is 0 Å². The topological polar surface area (TPSA) is 59.7 Å². The Kier molecular flexibility index (Phi) is 20.4. The van der Waals surface area contributed by atoms with E-state index in [0.717, 1.165) is 0 Å². The van der Waals surface area contributed by atoms with Gasteiger partial charge in [0, 0.05) is 17.1 Å². The van der Waals surface area contributed by atoms with Gasteiger partial charge in [-0.05, 0) is 0 Å². The SMILES string of the molecule is F[P-](F)(F)(F)(F)F.[C-]#[O+].[C-]#[O+].[C-]#[O+].[Mn].c1ccccc1. The first kappa shape index (κ1) is 31.4. The molecule has 0 fully saturated rings. The maximum Gasteiger partial charge on any atom is 0 e. The number of benzene rings is 1. The van der Waals surface area contributed by atoms with Gasteiger partial charge in [-0.1, -0.05) is 36.4 Å². The van der Waals surface area contributed by atoms with E-state index in [9.17, 15) is 25.2 Å². The van der Waals surface area contributed by atoms with E-state index in [2.05, 4.69) is 20.0 Å². The minimum absolute atomic E-state index is 0. The Morgan fingerprint density at radius 3 is 0.600 bits per heavy atom. The molecule has 0 atom stereocenters. The Bertz CT molecular complexity index is 320. The van der Waals surface area contributed by atoms with E-state index in [1.165, 1.54) is 0 Å². The molecule has 20 heavy (non-hydrogen) atoms. The van der Waals surface area contributed by atoms with Crippen molar-refractivity contribution in [3.05, 3.63) is 56.3 Å². The standard InChI is InChI=1S/C6H6.3CO.F6P.Mn/c1-2-4-6-5-3-1;3*1-2;1-7(2,3,4,5)6;/h1-6H;;;;;/q;;;;-1;. The van der Waals surface area contributed by atoms with Gasteiger partial charge in [0.15, 0.2) is 0 Å². The van der Waals surface area contributed by atoms with Crippen LogP contribution in [-0.4, -0.2) is 0 Å². The molecular formula is C9H6F6MnO3P-. The summed E-state index contributed by atoms with van der Waals surface area (Å²) in [6.07, 6.45) is 0. The number of hydrogen-bond acceptors (Lipinski definition) is 0. The third-order valence-corrected chi connectivity index (χ3v) is 0.667. The molecule has 115 valence electrons.